The molecule has 2 heterocycles. The molecule has 184 valence electrons. The molecule has 2 unspecified atom stereocenters. The molecule has 7 heteroatoms. The Labute approximate surface area is 207 Å². The molecule has 0 N–H and O–H groups in total. The van der Waals surface area contributed by atoms with Crippen LogP contribution in [-0.2, 0) is 22.7 Å². The Morgan fingerprint density at radius 3 is 2.54 bits per heavy atom. The smallest absolute Gasteiger partial charge is 0.228 e. The standard InChI is InChI=1S/C28H34N4O3/c1-4-5-15-32-26(33)16-25(27(32)23-11-13-24(35-3)14-12-23)28(34)30(2)18-22-17-29-31(20-22)19-21-9-7-6-8-10-21/h6-14,17,20,25,27H,4-5,15-16,18-19H2,1-3H3. The predicted molar refractivity (Wildman–Crippen MR) is 135 cm³/mol. The summed E-state index contributed by atoms with van der Waals surface area (Å²) in [5, 5.41) is 4.46. The average Bonchev–Trinajstić information content (AvgIpc) is 3.46. The number of hydrogen-bond acceptors (Lipinski definition) is 4. The minimum Gasteiger partial charge on any atom is -0.497 e. The van der Waals surface area contributed by atoms with Crippen LogP contribution in [0.15, 0.2) is 67.0 Å². The fourth-order valence-electron chi connectivity index (χ4n) is 4.80. The van der Waals surface area contributed by atoms with E-state index in [1.54, 1.807) is 25.3 Å². The first-order valence-corrected chi connectivity index (χ1v) is 12.2. The van der Waals surface area contributed by atoms with Crippen LogP contribution in [0.1, 0.15) is 48.9 Å². The highest BCUT2D eigenvalue weighted by atomic mass is 16.5. The number of benzene rings is 2. The van der Waals surface area contributed by atoms with Gasteiger partial charge in [-0.2, -0.15) is 5.10 Å². The van der Waals surface area contributed by atoms with E-state index in [1.165, 1.54) is 5.56 Å². The fourth-order valence-corrected chi connectivity index (χ4v) is 4.80. The minimum absolute atomic E-state index is 0.0195. The number of rotatable bonds is 10. The molecule has 2 aromatic carbocycles. The second-order valence-corrected chi connectivity index (χ2v) is 9.20. The van der Waals surface area contributed by atoms with Gasteiger partial charge in [0.05, 0.1) is 31.8 Å². The molecule has 0 saturated carbocycles. The zero-order valence-electron chi connectivity index (χ0n) is 20.8. The van der Waals surface area contributed by atoms with Crippen LogP contribution in [0.2, 0.25) is 0 Å². The van der Waals surface area contributed by atoms with E-state index in [1.807, 2.05) is 58.2 Å². The zero-order chi connectivity index (χ0) is 24.8. The SMILES string of the molecule is CCCCN1C(=O)CC(C(=O)N(C)Cc2cnn(Cc3ccccc3)c2)C1c1ccc(OC)cc1. The number of aromatic nitrogens is 2. The molecule has 0 aliphatic carbocycles. The van der Waals surface area contributed by atoms with Crippen molar-refractivity contribution >= 4 is 11.8 Å². The highest BCUT2D eigenvalue weighted by Crippen LogP contribution is 2.40. The molecule has 3 aromatic rings. The van der Waals surface area contributed by atoms with E-state index in [2.05, 4.69) is 24.2 Å². The Bertz CT molecular complexity index is 1130. The molecule has 0 spiro atoms. The summed E-state index contributed by atoms with van der Waals surface area (Å²) in [6.45, 7) is 3.90. The van der Waals surface area contributed by atoms with Crippen LogP contribution < -0.4 is 4.74 Å². The number of carbonyl (C=O) groups is 2. The van der Waals surface area contributed by atoms with Gasteiger partial charge < -0.3 is 14.5 Å². The van der Waals surface area contributed by atoms with Crippen LogP contribution in [0.25, 0.3) is 0 Å². The van der Waals surface area contributed by atoms with Crippen LogP contribution in [0.4, 0.5) is 0 Å². The van der Waals surface area contributed by atoms with Crippen LogP contribution in [-0.4, -0.2) is 52.1 Å². The number of likely N-dealkylation sites (tertiary alicyclic amines) is 1. The van der Waals surface area contributed by atoms with Gasteiger partial charge in [0.25, 0.3) is 0 Å². The van der Waals surface area contributed by atoms with Gasteiger partial charge >= 0.3 is 0 Å². The van der Waals surface area contributed by atoms with E-state index in [0.717, 1.165) is 29.7 Å². The van der Waals surface area contributed by atoms with E-state index in [9.17, 15) is 9.59 Å². The third-order valence-corrected chi connectivity index (χ3v) is 6.63. The lowest BCUT2D eigenvalue weighted by atomic mass is 9.92. The van der Waals surface area contributed by atoms with Gasteiger partial charge in [0.15, 0.2) is 0 Å². The van der Waals surface area contributed by atoms with Gasteiger partial charge in [-0.05, 0) is 29.7 Å². The van der Waals surface area contributed by atoms with Crippen molar-refractivity contribution in [1.29, 1.82) is 0 Å². The van der Waals surface area contributed by atoms with Crippen molar-refractivity contribution in [3.63, 3.8) is 0 Å². The third kappa shape index (κ3) is 5.73. The van der Waals surface area contributed by atoms with Crippen LogP contribution in [0, 0.1) is 5.92 Å². The van der Waals surface area contributed by atoms with Gasteiger partial charge in [-0.3, -0.25) is 14.3 Å². The lowest BCUT2D eigenvalue weighted by Crippen LogP contribution is -2.37. The van der Waals surface area contributed by atoms with Gasteiger partial charge in [-0.1, -0.05) is 55.8 Å². The van der Waals surface area contributed by atoms with Gasteiger partial charge in [0, 0.05) is 38.3 Å². The number of ether oxygens (including phenoxy) is 1. The first-order chi connectivity index (χ1) is 17.0. The highest BCUT2D eigenvalue weighted by Gasteiger charge is 2.45. The van der Waals surface area contributed by atoms with Crippen molar-refractivity contribution < 1.29 is 14.3 Å². The summed E-state index contributed by atoms with van der Waals surface area (Å²) >= 11 is 0. The zero-order valence-corrected chi connectivity index (χ0v) is 20.8. The maximum absolute atomic E-state index is 13.6. The van der Waals surface area contributed by atoms with E-state index in [-0.39, 0.29) is 24.3 Å². The Morgan fingerprint density at radius 1 is 1.11 bits per heavy atom. The van der Waals surface area contributed by atoms with E-state index in [4.69, 9.17) is 4.74 Å². The van der Waals surface area contributed by atoms with Gasteiger partial charge in [0.1, 0.15) is 5.75 Å². The maximum atomic E-state index is 13.6. The monoisotopic (exact) mass is 474 g/mol. The molecule has 7 nitrogen and oxygen atoms in total. The molecule has 1 fully saturated rings. The van der Waals surface area contributed by atoms with Crippen molar-refractivity contribution in [2.24, 2.45) is 5.92 Å². The molecule has 35 heavy (non-hydrogen) atoms. The van der Waals surface area contributed by atoms with E-state index < -0.39 is 5.92 Å². The molecule has 2 amide bonds. The topological polar surface area (TPSA) is 67.7 Å². The molecule has 1 aromatic heterocycles. The predicted octanol–water partition coefficient (Wildman–Crippen LogP) is 4.29. The van der Waals surface area contributed by atoms with Crippen LogP contribution in [0.3, 0.4) is 0 Å². The van der Waals surface area contributed by atoms with Gasteiger partial charge in [0.2, 0.25) is 11.8 Å². The van der Waals surface area contributed by atoms with Crippen molar-refractivity contribution in [2.45, 2.75) is 45.3 Å². The number of hydrogen-bond donors (Lipinski definition) is 0. The molecule has 1 aliphatic heterocycles. The van der Waals surface area contributed by atoms with Gasteiger partial charge in [-0.25, -0.2) is 0 Å². The third-order valence-electron chi connectivity index (χ3n) is 6.63. The molecule has 1 aliphatic rings. The number of methoxy groups -OCH3 is 1. The lowest BCUT2D eigenvalue weighted by molar-refractivity contribution is -0.135. The first kappa shape index (κ1) is 24.5. The number of carbonyl (C=O) groups excluding carboxylic acids is 2. The summed E-state index contributed by atoms with van der Waals surface area (Å²) in [6, 6.07) is 17.6. The number of unbranched alkanes of at least 4 members (excludes halogenated alkanes) is 1. The van der Waals surface area contributed by atoms with Crippen LogP contribution >= 0.6 is 0 Å². The quantitative estimate of drug-likeness (QED) is 0.440. The van der Waals surface area contributed by atoms with E-state index in [0.29, 0.717) is 19.6 Å². The first-order valence-electron chi connectivity index (χ1n) is 12.2. The summed E-state index contributed by atoms with van der Waals surface area (Å²) < 4.78 is 7.18. The molecule has 2 atom stereocenters. The molecular formula is C28H34N4O3. The summed E-state index contributed by atoms with van der Waals surface area (Å²) in [4.78, 5) is 30.2. The Balaban J connectivity index is 1.49. The minimum atomic E-state index is -0.419. The summed E-state index contributed by atoms with van der Waals surface area (Å²) in [7, 11) is 3.44. The second kappa shape index (κ2) is 11.2. The normalized spacial score (nSPS) is 17.6. The fraction of sp³-hybridized carbons (Fsp3) is 0.393. The van der Waals surface area contributed by atoms with Crippen LogP contribution in [0.5, 0.6) is 5.75 Å². The summed E-state index contributed by atoms with van der Waals surface area (Å²) in [5.74, 6) is 0.360. The van der Waals surface area contributed by atoms with Crippen molar-refractivity contribution in [3.8, 4) is 5.75 Å². The molecule has 1 saturated heterocycles. The van der Waals surface area contributed by atoms with E-state index >= 15 is 0 Å². The average molecular weight is 475 g/mol. The largest absolute Gasteiger partial charge is 0.497 e. The maximum Gasteiger partial charge on any atom is 0.228 e. The number of amides is 2. The van der Waals surface area contributed by atoms with Gasteiger partial charge in [-0.15, -0.1) is 0 Å². The van der Waals surface area contributed by atoms with Crippen molar-refractivity contribution in [1.82, 2.24) is 19.6 Å². The number of nitrogens with zero attached hydrogens (tertiary/aromatic N) is 4. The van der Waals surface area contributed by atoms with Crippen molar-refractivity contribution in [3.05, 3.63) is 83.7 Å². The second-order valence-electron chi connectivity index (χ2n) is 9.20. The molecular weight excluding hydrogens is 440 g/mol. The summed E-state index contributed by atoms with van der Waals surface area (Å²) in [5.41, 5.74) is 3.10. The lowest BCUT2D eigenvalue weighted by Gasteiger charge is -2.30. The summed E-state index contributed by atoms with van der Waals surface area (Å²) in [6.07, 6.45) is 5.92. The molecule has 4 rings (SSSR count). The Kier molecular flexibility index (Phi) is 7.85. The van der Waals surface area contributed by atoms with Crippen molar-refractivity contribution in [2.75, 3.05) is 20.7 Å². The Morgan fingerprint density at radius 2 is 1.86 bits per heavy atom. The molecule has 0 radical (unpaired) electrons. The molecule has 0 bridgehead atoms. The highest BCUT2D eigenvalue weighted by molar-refractivity contribution is 5.90. The Hall–Kier alpha value is -3.61.